The molecule has 1 aromatic carbocycles. The number of benzene rings is 1. The third kappa shape index (κ3) is 4.40. The normalized spacial score (nSPS) is 20.9. The number of hydrogen-bond donors (Lipinski definition) is 1. The van der Waals surface area contributed by atoms with Crippen molar-refractivity contribution >= 4 is 10.9 Å². The van der Waals surface area contributed by atoms with Gasteiger partial charge in [0.15, 0.2) is 17.3 Å². The van der Waals surface area contributed by atoms with E-state index in [4.69, 9.17) is 14.2 Å². The fourth-order valence-corrected chi connectivity index (χ4v) is 5.76. The summed E-state index contributed by atoms with van der Waals surface area (Å²) in [5, 5.41) is 13.8. The number of nitrogens with zero attached hydrogens (tertiary/aromatic N) is 5. The molecular weight excluding hydrogens is 448 g/mol. The van der Waals surface area contributed by atoms with Crippen LogP contribution in [0.1, 0.15) is 75.3 Å². The Labute approximate surface area is 203 Å². The van der Waals surface area contributed by atoms with Crippen LogP contribution in [0.2, 0.25) is 0 Å². The SMILES string of the molecule is CC[C@@H](c1nnnn1C1CCCC1)N(Cc1cc2cc3c(cc2[nH]c1=O)OCO3)C[C@@H]1CCCO1. The second kappa shape index (κ2) is 9.58. The largest absolute Gasteiger partial charge is 0.454 e. The zero-order chi connectivity index (χ0) is 23.8. The second-order valence-electron chi connectivity index (χ2n) is 9.82. The number of fused-ring (bicyclic) bond motifs is 2. The predicted molar refractivity (Wildman–Crippen MR) is 128 cm³/mol. The molecule has 10 nitrogen and oxygen atoms in total. The van der Waals surface area contributed by atoms with Crippen molar-refractivity contribution < 1.29 is 14.2 Å². The molecule has 3 aliphatic rings. The number of tetrazole rings is 1. The molecule has 2 fully saturated rings. The van der Waals surface area contributed by atoms with Gasteiger partial charge in [0.2, 0.25) is 6.79 Å². The van der Waals surface area contributed by atoms with Crippen molar-refractivity contribution in [3.05, 3.63) is 39.9 Å². The van der Waals surface area contributed by atoms with Crippen LogP contribution in [0.5, 0.6) is 11.5 Å². The average Bonchev–Trinajstić information content (AvgIpc) is 3.66. The molecule has 1 saturated carbocycles. The molecule has 6 rings (SSSR count). The lowest BCUT2D eigenvalue weighted by Gasteiger charge is -2.32. The monoisotopic (exact) mass is 480 g/mol. The average molecular weight is 481 g/mol. The number of aromatic amines is 1. The Hall–Kier alpha value is -2.98. The van der Waals surface area contributed by atoms with Crippen molar-refractivity contribution in [3.8, 4) is 11.5 Å². The highest BCUT2D eigenvalue weighted by Crippen LogP contribution is 2.36. The van der Waals surface area contributed by atoms with Gasteiger partial charge in [-0.2, -0.15) is 0 Å². The van der Waals surface area contributed by atoms with Crippen molar-refractivity contribution in [2.24, 2.45) is 0 Å². The molecule has 35 heavy (non-hydrogen) atoms. The van der Waals surface area contributed by atoms with Gasteiger partial charge >= 0.3 is 0 Å². The Morgan fingerprint density at radius 1 is 1.14 bits per heavy atom. The lowest BCUT2D eigenvalue weighted by atomic mass is 10.1. The summed E-state index contributed by atoms with van der Waals surface area (Å²) in [6, 6.07) is 6.07. The molecule has 10 heteroatoms. The summed E-state index contributed by atoms with van der Waals surface area (Å²) in [6.45, 7) is 4.36. The van der Waals surface area contributed by atoms with Gasteiger partial charge in [0.05, 0.1) is 23.7 Å². The van der Waals surface area contributed by atoms with Gasteiger partial charge in [-0.25, -0.2) is 4.68 Å². The number of H-pyrrole nitrogens is 1. The molecule has 2 atom stereocenters. The highest BCUT2D eigenvalue weighted by molar-refractivity contribution is 5.83. The summed E-state index contributed by atoms with van der Waals surface area (Å²) >= 11 is 0. The fraction of sp³-hybridized carbons (Fsp3) is 0.600. The summed E-state index contributed by atoms with van der Waals surface area (Å²) in [6.07, 6.45) is 7.73. The minimum Gasteiger partial charge on any atom is -0.454 e. The first-order valence-corrected chi connectivity index (χ1v) is 12.8. The van der Waals surface area contributed by atoms with Crippen LogP contribution in [-0.2, 0) is 11.3 Å². The summed E-state index contributed by atoms with van der Waals surface area (Å²) < 4.78 is 19.0. The van der Waals surface area contributed by atoms with E-state index in [1.165, 1.54) is 12.8 Å². The number of aromatic nitrogens is 5. The van der Waals surface area contributed by atoms with Crippen molar-refractivity contribution in [3.63, 3.8) is 0 Å². The van der Waals surface area contributed by atoms with Crippen LogP contribution in [0.15, 0.2) is 23.0 Å². The number of nitrogens with one attached hydrogen (secondary N) is 1. The van der Waals surface area contributed by atoms with E-state index in [1.54, 1.807) is 0 Å². The zero-order valence-corrected chi connectivity index (χ0v) is 20.1. The molecule has 2 aliphatic heterocycles. The van der Waals surface area contributed by atoms with E-state index in [0.29, 0.717) is 29.6 Å². The third-order valence-electron chi connectivity index (χ3n) is 7.56. The van der Waals surface area contributed by atoms with E-state index in [1.807, 2.05) is 22.9 Å². The first-order chi connectivity index (χ1) is 17.2. The Kier molecular flexibility index (Phi) is 6.15. The van der Waals surface area contributed by atoms with Crippen LogP contribution in [0.4, 0.5) is 0 Å². The van der Waals surface area contributed by atoms with Gasteiger partial charge in [-0.3, -0.25) is 9.69 Å². The number of pyridine rings is 1. The molecule has 0 amide bonds. The first kappa shape index (κ1) is 22.5. The highest BCUT2D eigenvalue weighted by Gasteiger charge is 2.32. The first-order valence-electron chi connectivity index (χ1n) is 12.8. The molecule has 0 radical (unpaired) electrons. The van der Waals surface area contributed by atoms with E-state index < -0.39 is 0 Å². The quantitative estimate of drug-likeness (QED) is 0.522. The molecular formula is C25H32N6O4. The van der Waals surface area contributed by atoms with Gasteiger partial charge in [-0.1, -0.05) is 19.8 Å². The Morgan fingerprint density at radius 3 is 2.74 bits per heavy atom. The van der Waals surface area contributed by atoms with E-state index in [2.05, 4.69) is 32.3 Å². The van der Waals surface area contributed by atoms with Crippen LogP contribution < -0.4 is 15.0 Å². The summed E-state index contributed by atoms with van der Waals surface area (Å²) in [7, 11) is 0. The molecule has 4 heterocycles. The molecule has 1 aliphatic carbocycles. The minimum absolute atomic E-state index is 0.0124. The smallest absolute Gasteiger partial charge is 0.252 e. The van der Waals surface area contributed by atoms with Gasteiger partial charge in [-0.15, -0.1) is 5.10 Å². The molecule has 0 bridgehead atoms. The molecule has 1 N–H and O–H groups in total. The number of hydrogen-bond acceptors (Lipinski definition) is 8. The maximum atomic E-state index is 13.1. The maximum absolute atomic E-state index is 13.1. The third-order valence-corrected chi connectivity index (χ3v) is 7.56. The predicted octanol–water partition coefficient (Wildman–Crippen LogP) is 3.49. The molecule has 186 valence electrons. The van der Waals surface area contributed by atoms with Crippen molar-refractivity contribution in [2.75, 3.05) is 19.9 Å². The van der Waals surface area contributed by atoms with E-state index in [0.717, 1.165) is 62.0 Å². The van der Waals surface area contributed by atoms with Crippen molar-refractivity contribution in [2.45, 2.75) is 76.6 Å². The second-order valence-corrected chi connectivity index (χ2v) is 9.82. The summed E-state index contributed by atoms with van der Waals surface area (Å²) in [5.41, 5.74) is 1.34. The van der Waals surface area contributed by atoms with Crippen LogP contribution in [0.3, 0.4) is 0 Å². The Balaban J connectivity index is 1.34. The molecule has 2 aromatic heterocycles. The van der Waals surface area contributed by atoms with E-state index >= 15 is 0 Å². The standard InChI is InChI=1S/C25H32N6O4/c1-2-21(24-27-28-29-31(24)18-6-3-4-7-18)30(14-19-8-5-9-33-19)13-17-10-16-11-22-23(35-15-34-22)12-20(16)26-25(17)32/h10-12,18-19,21H,2-9,13-15H2,1H3,(H,26,32)/t19-,21-/m0/s1. The fourth-order valence-electron chi connectivity index (χ4n) is 5.76. The van der Waals surface area contributed by atoms with Gasteiger partial charge in [0, 0.05) is 36.7 Å². The van der Waals surface area contributed by atoms with Crippen molar-refractivity contribution in [1.29, 1.82) is 0 Å². The summed E-state index contributed by atoms with van der Waals surface area (Å²) in [5.74, 6) is 2.25. The Morgan fingerprint density at radius 2 is 1.97 bits per heavy atom. The van der Waals surface area contributed by atoms with Gasteiger partial charge in [0.25, 0.3) is 5.56 Å². The molecule has 3 aromatic rings. The van der Waals surface area contributed by atoms with Gasteiger partial charge in [0.1, 0.15) is 0 Å². The summed E-state index contributed by atoms with van der Waals surface area (Å²) in [4.78, 5) is 18.5. The van der Waals surface area contributed by atoms with Crippen molar-refractivity contribution in [1.82, 2.24) is 30.1 Å². The lowest BCUT2D eigenvalue weighted by Crippen LogP contribution is -2.38. The molecule has 1 saturated heterocycles. The minimum atomic E-state index is -0.0982. The lowest BCUT2D eigenvalue weighted by molar-refractivity contribution is 0.0484. The Bertz CT molecular complexity index is 1240. The topological polar surface area (TPSA) is 107 Å². The highest BCUT2D eigenvalue weighted by atomic mass is 16.7. The van der Waals surface area contributed by atoms with E-state index in [-0.39, 0.29) is 24.5 Å². The van der Waals surface area contributed by atoms with Crippen LogP contribution in [0.25, 0.3) is 10.9 Å². The number of rotatable bonds is 8. The van der Waals surface area contributed by atoms with Crippen LogP contribution in [-0.4, -0.2) is 56.1 Å². The number of ether oxygens (including phenoxy) is 3. The van der Waals surface area contributed by atoms with E-state index in [9.17, 15) is 4.79 Å². The maximum Gasteiger partial charge on any atom is 0.252 e. The molecule has 0 spiro atoms. The van der Waals surface area contributed by atoms with Crippen LogP contribution in [0, 0.1) is 0 Å². The zero-order valence-electron chi connectivity index (χ0n) is 20.1. The van der Waals surface area contributed by atoms with Gasteiger partial charge < -0.3 is 19.2 Å². The van der Waals surface area contributed by atoms with Crippen LogP contribution >= 0.6 is 0 Å². The van der Waals surface area contributed by atoms with Gasteiger partial charge in [-0.05, 0) is 54.7 Å². The molecule has 0 unspecified atom stereocenters.